The zero-order valence-electron chi connectivity index (χ0n) is 29.3. The van der Waals surface area contributed by atoms with E-state index >= 15 is 0 Å². The monoisotopic (exact) mass is 687 g/mol. The molecule has 49 heavy (non-hydrogen) atoms. The molecule has 3 aliphatic carbocycles. The number of pyridine rings is 1. The Kier molecular flexibility index (Phi) is 9.48. The predicted octanol–water partition coefficient (Wildman–Crippen LogP) is 7.90. The van der Waals surface area contributed by atoms with E-state index in [2.05, 4.69) is 41.2 Å². The summed E-state index contributed by atoms with van der Waals surface area (Å²) in [5.41, 5.74) is 4.58. The molecule has 0 saturated heterocycles. The minimum Gasteiger partial charge on any atom is -0.493 e. The van der Waals surface area contributed by atoms with Crippen molar-refractivity contribution in [3.63, 3.8) is 0 Å². The fraction of sp³-hybridized carbons (Fsp3) is 0.550. The largest absolute Gasteiger partial charge is 0.493 e. The molecule has 2 heterocycles. The molecule has 0 radical (unpaired) electrons. The van der Waals surface area contributed by atoms with E-state index in [1.165, 1.54) is 35.2 Å². The van der Waals surface area contributed by atoms with E-state index in [9.17, 15) is 9.90 Å². The van der Waals surface area contributed by atoms with Gasteiger partial charge in [0, 0.05) is 34.7 Å². The number of nitrogens with zero attached hydrogens (tertiary/aromatic N) is 2. The molecular formula is C40H50ClN3O5. The number of nitrogens with one attached hydrogen (secondary N) is 1. The third-order valence-electron chi connectivity index (χ3n) is 11.6. The van der Waals surface area contributed by atoms with Crippen molar-refractivity contribution >= 4 is 23.3 Å². The van der Waals surface area contributed by atoms with E-state index in [-0.39, 0.29) is 11.5 Å². The van der Waals surface area contributed by atoms with Crippen molar-refractivity contribution in [1.82, 2.24) is 9.88 Å². The summed E-state index contributed by atoms with van der Waals surface area (Å²) in [5.74, 6) is 2.89. The Bertz CT molecular complexity index is 1690. The number of fused-ring (bicyclic) bond motifs is 4. The van der Waals surface area contributed by atoms with Gasteiger partial charge in [0.15, 0.2) is 11.5 Å². The number of aliphatic carboxylic acids is 1. The minimum atomic E-state index is -1.07. The molecule has 0 bridgehead atoms. The van der Waals surface area contributed by atoms with Crippen molar-refractivity contribution in [2.75, 3.05) is 39.2 Å². The molecule has 262 valence electrons. The highest BCUT2D eigenvalue weighted by Crippen LogP contribution is 2.58. The summed E-state index contributed by atoms with van der Waals surface area (Å²) in [6, 6.07) is 13.8. The van der Waals surface area contributed by atoms with Gasteiger partial charge in [0.05, 0.1) is 6.61 Å². The Morgan fingerprint density at radius 1 is 1.16 bits per heavy atom. The second kappa shape index (κ2) is 13.7. The predicted molar refractivity (Wildman–Crippen MR) is 193 cm³/mol. The zero-order valence-corrected chi connectivity index (χ0v) is 30.0. The van der Waals surface area contributed by atoms with Gasteiger partial charge in [-0.2, -0.15) is 0 Å². The number of carbonyl (C=O) groups is 1. The van der Waals surface area contributed by atoms with Crippen LogP contribution < -0.4 is 19.5 Å². The van der Waals surface area contributed by atoms with E-state index in [0.29, 0.717) is 48.8 Å². The Balaban J connectivity index is 1.15. The average Bonchev–Trinajstić information content (AvgIpc) is 3.34. The van der Waals surface area contributed by atoms with Gasteiger partial charge in [-0.3, -0.25) is 4.98 Å². The molecule has 9 heteroatoms. The Morgan fingerprint density at radius 3 is 2.73 bits per heavy atom. The van der Waals surface area contributed by atoms with Crippen LogP contribution in [-0.4, -0.2) is 66.5 Å². The first-order valence-electron chi connectivity index (χ1n) is 18.0. The summed E-state index contributed by atoms with van der Waals surface area (Å²) in [6.45, 7) is 6.51. The molecule has 3 aromatic rings. The number of halogens is 1. The van der Waals surface area contributed by atoms with Gasteiger partial charge in [-0.1, -0.05) is 31.5 Å². The van der Waals surface area contributed by atoms with Crippen LogP contribution in [0.4, 0.5) is 5.69 Å². The number of aromatic nitrogens is 1. The van der Waals surface area contributed by atoms with Crippen LogP contribution >= 0.6 is 11.6 Å². The Labute approximate surface area is 295 Å². The van der Waals surface area contributed by atoms with Gasteiger partial charge in [-0.25, -0.2) is 4.79 Å². The van der Waals surface area contributed by atoms with Crippen molar-refractivity contribution in [2.24, 2.45) is 11.8 Å². The summed E-state index contributed by atoms with van der Waals surface area (Å²) in [7, 11) is 4.10. The van der Waals surface area contributed by atoms with Crippen LogP contribution in [0, 0.1) is 11.8 Å². The van der Waals surface area contributed by atoms with Gasteiger partial charge in [-0.05, 0) is 143 Å². The first kappa shape index (κ1) is 34.0. The fourth-order valence-electron chi connectivity index (χ4n) is 9.21. The number of likely N-dealkylation sites (N-methyl/N-ethyl adjacent to an activating group) is 1. The fourth-order valence-corrected chi connectivity index (χ4v) is 9.40. The van der Waals surface area contributed by atoms with Crippen LogP contribution in [0.25, 0.3) is 0 Å². The number of carboxylic acid groups (broad SMARTS) is 1. The molecular weight excluding hydrogens is 638 g/mol. The third-order valence-corrected chi connectivity index (χ3v) is 11.9. The average molecular weight is 688 g/mol. The molecule has 1 spiro atoms. The van der Waals surface area contributed by atoms with Crippen LogP contribution in [-0.2, 0) is 23.1 Å². The van der Waals surface area contributed by atoms with E-state index in [1.54, 1.807) is 12.1 Å². The van der Waals surface area contributed by atoms with Gasteiger partial charge < -0.3 is 29.5 Å². The number of carboxylic acids is 1. The SMILES string of the molecule is C[C@@H](COc1ccnc2c1[C@H](C)CCC2)C[C@H]1Cc2cc3c(cc2C12CCC(Nc1cccc(Cl)c1)(C(=O)O)CC2)OC[C@H](CN(C)C)O3. The third kappa shape index (κ3) is 6.71. The van der Waals surface area contributed by atoms with Crippen LogP contribution in [0.3, 0.4) is 0 Å². The van der Waals surface area contributed by atoms with E-state index in [4.69, 9.17) is 25.8 Å². The molecule has 0 amide bonds. The highest BCUT2D eigenvalue weighted by atomic mass is 35.5. The molecule has 4 atom stereocenters. The van der Waals surface area contributed by atoms with Crippen molar-refractivity contribution in [1.29, 1.82) is 0 Å². The van der Waals surface area contributed by atoms with Gasteiger partial charge in [0.1, 0.15) is 24.0 Å². The standard InChI is InChI=1S/C40H50ClN3O5/c1-25(23-47-34-11-16-42-33-10-5-7-26(2)37(33)34)17-28-18-27-19-36-35(48-24-31(49-36)22-44(3)4)21-32(27)39(28)12-14-40(15-13-39,38(45)46)43-30-9-6-8-29(41)20-30/h6,8-9,11,16,19-21,25-26,28,31,43H,5,7,10,12-15,17-18,22-24H2,1-4H3,(H,45,46)/t25-,26-,28+,31+,39?,40?/m1/s1. The van der Waals surface area contributed by atoms with Crippen LogP contribution in [0.15, 0.2) is 48.7 Å². The van der Waals surface area contributed by atoms with Crippen LogP contribution in [0.2, 0.25) is 5.02 Å². The minimum absolute atomic E-state index is 0.0195. The lowest BCUT2D eigenvalue weighted by atomic mass is 9.59. The van der Waals surface area contributed by atoms with Gasteiger partial charge in [0.2, 0.25) is 0 Å². The number of anilines is 1. The Morgan fingerprint density at radius 2 is 1.98 bits per heavy atom. The molecule has 4 aliphatic rings. The summed E-state index contributed by atoms with van der Waals surface area (Å²) >= 11 is 6.28. The number of benzene rings is 2. The highest BCUT2D eigenvalue weighted by Gasteiger charge is 2.54. The molecule has 1 saturated carbocycles. The maximum absolute atomic E-state index is 13.0. The topological polar surface area (TPSA) is 93.2 Å². The van der Waals surface area contributed by atoms with Crippen molar-refractivity contribution in [3.8, 4) is 17.2 Å². The molecule has 8 nitrogen and oxygen atoms in total. The summed E-state index contributed by atoms with van der Waals surface area (Å²) in [5, 5.41) is 14.6. The maximum Gasteiger partial charge on any atom is 0.329 e. The highest BCUT2D eigenvalue weighted by molar-refractivity contribution is 6.30. The molecule has 1 fully saturated rings. The van der Waals surface area contributed by atoms with Gasteiger partial charge in [0.25, 0.3) is 0 Å². The second-order valence-electron chi connectivity index (χ2n) is 15.5. The van der Waals surface area contributed by atoms with Crippen molar-refractivity contribution in [3.05, 3.63) is 76.1 Å². The Hall–Kier alpha value is -3.49. The number of hydrogen-bond acceptors (Lipinski definition) is 7. The number of ether oxygens (including phenoxy) is 3. The molecule has 1 aliphatic heterocycles. The van der Waals surface area contributed by atoms with Gasteiger partial charge in [-0.15, -0.1) is 0 Å². The second-order valence-corrected chi connectivity index (χ2v) is 15.9. The summed E-state index contributed by atoms with van der Waals surface area (Å²) < 4.78 is 19.4. The molecule has 0 unspecified atom stereocenters. The zero-order chi connectivity index (χ0) is 34.3. The molecule has 1 aromatic heterocycles. The van der Waals surface area contributed by atoms with E-state index in [0.717, 1.165) is 61.6 Å². The van der Waals surface area contributed by atoms with E-state index < -0.39 is 11.5 Å². The van der Waals surface area contributed by atoms with E-state index in [1.807, 2.05) is 38.5 Å². The molecule has 7 rings (SSSR count). The number of rotatable bonds is 10. The lowest BCUT2D eigenvalue weighted by Gasteiger charge is -2.47. The summed E-state index contributed by atoms with van der Waals surface area (Å²) in [4.78, 5) is 19.8. The normalized spacial score (nSPS) is 27.8. The lowest BCUT2D eigenvalue weighted by Crippen LogP contribution is -2.53. The first-order valence-corrected chi connectivity index (χ1v) is 18.4. The lowest BCUT2D eigenvalue weighted by molar-refractivity contribution is -0.144. The number of aryl methyl sites for hydroxylation is 1. The quantitative estimate of drug-likeness (QED) is 0.222. The van der Waals surface area contributed by atoms with Crippen molar-refractivity contribution in [2.45, 2.75) is 94.6 Å². The molecule has 2 N–H and O–H groups in total. The van der Waals surface area contributed by atoms with Crippen LogP contribution in [0.5, 0.6) is 17.2 Å². The van der Waals surface area contributed by atoms with Crippen molar-refractivity contribution < 1.29 is 24.1 Å². The molecule has 2 aromatic carbocycles. The maximum atomic E-state index is 13.0. The van der Waals surface area contributed by atoms with Crippen LogP contribution in [0.1, 0.15) is 87.1 Å². The summed E-state index contributed by atoms with van der Waals surface area (Å²) in [6.07, 6.45) is 9.69. The first-order chi connectivity index (χ1) is 23.5. The number of hydrogen-bond donors (Lipinski definition) is 2. The van der Waals surface area contributed by atoms with Gasteiger partial charge >= 0.3 is 5.97 Å². The smallest absolute Gasteiger partial charge is 0.329 e.